The Balaban J connectivity index is 2.41. The van der Waals surface area contributed by atoms with E-state index in [4.69, 9.17) is 10.00 Å². The lowest BCUT2D eigenvalue weighted by molar-refractivity contribution is -0.130. The quantitative estimate of drug-likeness (QED) is 0.883. The molecule has 4 heteroatoms. The van der Waals surface area contributed by atoms with E-state index in [-0.39, 0.29) is 18.1 Å². The van der Waals surface area contributed by atoms with Crippen LogP contribution >= 0.6 is 0 Å². The van der Waals surface area contributed by atoms with Crippen LogP contribution in [0.4, 0.5) is 0 Å². The molecule has 1 amide bonds. The van der Waals surface area contributed by atoms with E-state index >= 15 is 0 Å². The smallest absolute Gasteiger partial charge is 0.246 e. The monoisotopic (exact) mass is 246 g/mol. The van der Waals surface area contributed by atoms with Crippen molar-refractivity contribution in [1.29, 1.82) is 5.26 Å². The molecule has 0 radical (unpaired) electrons. The maximum absolute atomic E-state index is 11.5. The van der Waals surface area contributed by atoms with Crippen LogP contribution in [0.1, 0.15) is 31.9 Å². The Morgan fingerprint density at radius 1 is 1.44 bits per heavy atom. The molecule has 1 aromatic carbocycles. The van der Waals surface area contributed by atoms with Crippen LogP contribution in [0.5, 0.6) is 0 Å². The van der Waals surface area contributed by atoms with Crippen LogP contribution < -0.4 is 5.32 Å². The maximum Gasteiger partial charge on any atom is 0.246 e. The molecule has 0 unspecified atom stereocenters. The summed E-state index contributed by atoms with van der Waals surface area (Å²) in [6, 6.07) is 9.21. The first kappa shape index (κ1) is 14.2. The highest BCUT2D eigenvalue weighted by Gasteiger charge is 2.12. The van der Waals surface area contributed by atoms with E-state index in [9.17, 15) is 4.79 Å². The summed E-state index contributed by atoms with van der Waals surface area (Å²) in [4.78, 5) is 11.5. The zero-order valence-corrected chi connectivity index (χ0v) is 11.0. The molecule has 18 heavy (non-hydrogen) atoms. The van der Waals surface area contributed by atoms with Crippen molar-refractivity contribution < 1.29 is 9.53 Å². The van der Waals surface area contributed by atoms with Crippen molar-refractivity contribution in [3.63, 3.8) is 0 Å². The largest absolute Gasteiger partial charge is 0.366 e. The van der Waals surface area contributed by atoms with Gasteiger partial charge < -0.3 is 10.1 Å². The summed E-state index contributed by atoms with van der Waals surface area (Å²) in [5.41, 5.74) is 1.17. The van der Waals surface area contributed by atoms with Crippen LogP contribution in [0.2, 0.25) is 0 Å². The molecule has 1 aromatic rings. The molecule has 0 heterocycles. The molecule has 0 saturated heterocycles. The predicted octanol–water partition coefficient (Wildman–Crippen LogP) is 1.99. The Morgan fingerprint density at radius 3 is 2.78 bits per heavy atom. The van der Waals surface area contributed by atoms with Gasteiger partial charge in [0, 0.05) is 6.54 Å². The number of amides is 1. The molecule has 0 aliphatic carbocycles. The second-order valence-electron chi connectivity index (χ2n) is 4.99. The van der Waals surface area contributed by atoms with Gasteiger partial charge in [-0.25, -0.2) is 0 Å². The first-order valence-electron chi connectivity index (χ1n) is 5.80. The summed E-state index contributed by atoms with van der Waals surface area (Å²) < 4.78 is 5.36. The lowest BCUT2D eigenvalue weighted by Crippen LogP contribution is -2.31. The number of hydrogen-bond acceptors (Lipinski definition) is 3. The summed E-state index contributed by atoms with van der Waals surface area (Å²) in [5.74, 6) is -0.160. The highest BCUT2D eigenvalue weighted by Crippen LogP contribution is 2.06. The third kappa shape index (κ3) is 5.46. The molecule has 0 atom stereocenters. The number of nitrogens with zero attached hydrogens (tertiary/aromatic N) is 1. The normalized spacial score (nSPS) is 10.8. The second kappa shape index (κ2) is 6.18. The number of nitriles is 1. The van der Waals surface area contributed by atoms with E-state index in [2.05, 4.69) is 11.4 Å². The molecular weight excluding hydrogens is 228 g/mol. The number of carbonyl (C=O) groups excluding carboxylic acids is 1. The minimum Gasteiger partial charge on any atom is -0.366 e. The molecule has 96 valence electrons. The van der Waals surface area contributed by atoms with Gasteiger partial charge in [0.05, 0.1) is 17.2 Å². The Morgan fingerprint density at radius 2 is 2.17 bits per heavy atom. The van der Waals surface area contributed by atoms with E-state index in [0.717, 1.165) is 5.56 Å². The first-order chi connectivity index (χ1) is 8.40. The van der Waals surface area contributed by atoms with Gasteiger partial charge in [-0.05, 0) is 38.5 Å². The van der Waals surface area contributed by atoms with Gasteiger partial charge in [-0.1, -0.05) is 12.1 Å². The van der Waals surface area contributed by atoms with Crippen molar-refractivity contribution in [2.45, 2.75) is 32.9 Å². The first-order valence-corrected chi connectivity index (χ1v) is 5.80. The van der Waals surface area contributed by atoms with Gasteiger partial charge >= 0.3 is 0 Å². The summed E-state index contributed by atoms with van der Waals surface area (Å²) in [6.07, 6.45) is 0. The fraction of sp³-hybridized carbons (Fsp3) is 0.429. The van der Waals surface area contributed by atoms with Gasteiger partial charge in [-0.15, -0.1) is 0 Å². The molecule has 1 rings (SSSR count). The third-order valence-corrected chi connectivity index (χ3v) is 2.18. The van der Waals surface area contributed by atoms with Gasteiger partial charge in [0.1, 0.15) is 6.61 Å². The van der Waals surface area contributed by atoms with Gasteiger partial charge in [0.15, 0.2) is 0 Å². The predicted molar refractivity (Wildman–Crippen MR) is 68.7 cm³/mol. The van der Waals surface area contributed by atoms with Gasteiger partial charge in [0.2, 0.25) is 5.91 Å². The lowest BCUT2D eigenvalue weighted by atomic mass is 10.1. The van der Waals surface area contributed by atoms with Crippen LogP contribution in [0, 0.1) is 11.3 Å². The second-order valence-corrected chi connectivity index (χ2v) is 4.99. The molecule has 0 aliphatic rings. The average molecular weight is 246 g/mol. The van der Waals surface area contributed by atoms with Crippen LogP contribution in [-0.4, -0.2) is 18.1 Å². The molecule has 1 N–H and O–H groups in total. The highest BCUT2D eigenvalue weighted by molar-refractivity contribution is 5.77. The fourth-order valence-corrected chi connectivity index (χ4v) is 1.28. The van der Waals surface area contributed by atoms with Crippen molar-refractivity contribution >= 4 is 5.91 Å². The number of benzene rings is 1. The standard InChI is InChI=1S/C14H18N2O2/c1-14(2,3)18-10-13(17)16-9-12-6-4-5-11(7-12)8-15/h4-7H,9-10H2,1-3H3,(H,16,17). The zero-order chi connectivity index (χ0) is 13.6. The topological polar surface area (TPSA) is 62.1 Å². The Hall–Kier alpha value is -1.86. The summed E-state index contributed by atoms with van der Waals surface area (Å²) in [5, 5.41) is 11.5. The minimum absolute atomic E-state index is 0.0431. The lowest BCUT2D eigenvalue weighted by Gasteiger charge is -2.18. The summed E-state index contributed by atoms with van der Waals surface area (Å²) in [7, 11) is 0. The van der Waals surface area contributed by atoms with Crippen molar-refractivity contribution in [2.75, 3.05) is 6.61 Å². The SMILES string of the molecule is CC(C)(C)OCC(=O)NCc1cccc(C#N)c1. The molecule has 0 aromatic heterocycles. The van der Waals surface area contributed by atoms with Crippen LogP contribution in [-0.2, 0) is 16.1 Å². The highest BCUT2D eigenvalue weighted by atomic mass is 16.5. The van der Waals surface area contributed by atoms with Gasteiger partial charge in [-0.3, -0.25) is 4.79 Å². The van der Waals surface area contributed by atoms with E-state index < -0.39 is 0 Å². The Labute approximate surface area is 108 Å². The molecule has 0 spiro atoms. The molecular formula is C14H18N2O2. The molecule has 0 fully saturated rings. The maximum atomic E-state index is 11.5. The van der Waals surface area contributed by atoms with E-state index in [1.54, 1.807) is 18.2 Å². The average Bonchev–Trinajstić information content (AvgIpc) is 2.33. The zero-order valence-electron chi connectivity index (χ0n) is 11.0. The van der Waals surface area contributed by atoms with Gasteiger partial charge in [-0.2, -0.15) is 5.26 Å². The van der Waals surface area contributed by atoms with Gasteiger partial charge in [0.25, 0.3) is 0 Å². The van der Waals surface area contributed by atoms with E-state index in [0.29, 0.717) is 12.1 Å². The summed E-state index contributed by atoms with van der Waals surface area (Å²) in [6.45, 7) is 6.15. The number of nitrogens with one attached hydrogen (secondary N) is 1. The van der Waals surface area contributed by atoms with E-state index in [1.807, 2.05) is 26.8 Å². The van der Waals surface area contributed by atoms with Crippen molar-refractivity contribution in [2.24, 2.45) is 0 Å². The van der Waals surface area contributed by atoms with Crippen molar-refractivity contribution in [3.8, 4) is 6.07 Å². The molecule has 0 saturated carbocycles. The fourth-order valence-electron chi connectivity index (χ4n) is 1.28. The van der Waals surface area contributed by atoms with E-state index in [1.165, 1.54) is 0 Å². The van der Waals surface area contributed by atoms with Crippen LogP contribution in [0.25, 0.3) is 0 Å². The number of hydrogen-bond donors (Lipinski definition) is 1. The molecule has 4 nitrogen and oxygen atoms in total. The minimum atomic E-state index is -0.321. The molecule has 0 aliphatic heterocycles. The molecule has 0 bridgehead atoms. The number of ether oxygens (including phenoxy) is 1. The van der Waals surface area contributed by atoms with Crippen molar-refractivity contribution in [3.05, 3.63) is 35.4 Å². The third-order valence-electron chi connectivity index (χ3n) is 2.18. The number of rotatable bonds is 4. The van der Waals surface area contributed by atoms with Crippen LogP contribution in [0.15, 0.2) is 24.3 Å². The Kier molecular flexibility index (Phi) is 4.87. The Bertz CT molecular complexity index is 456. The summed E-state index contributed by atoms with van der Waals surface area (Å²) >= 11 is 0. The van der Waals surface area contributed by atoms with Crippen LogP contribution in [0.3, 0.4) is 0 Å². The number of carbonyl (C=O) groups is 1. The van der Waals surface area contributed by atoms with Crippen molar-refractivity contribution in [1.82, 2.24) is 5.32 Å².